The lowest BCUT2D eigenvalue weighted by Crippen LogP contribution is -2.40. The summed E-state index contributed by atoms with van der Waals surface area (Å²) in [5, 5.41) is 0. The number of aryl methyl sites for hydroxylation is 2. The summed E-state index contributed by atoms with van der Waals surface area (Å²) < 4.78 is 27.8. The maximum atomic E-state index is 12.5. The van der Waals surface area contributed by atoms with Crippen LogP contribution in [0.5, 0.6) is 0 Å². The molecule has 1 fully saturated rings. The Morgan fingerprint density at radius 3 is 2.74 bits per heavy atom. The number of fused-ring (bicyclic) bond motifs is 1. The molecular formula is C18H28N2O2S. The second-order valence-electron chi connectivity index (χ2n) is 7.08. The molecule has 128 valence electrons. The van der Waals surface area contributed by atoms with Crippen LogP contribution in [0.3, 0.4) is 0 Å². The van der Waals surface area contributed by atoms with Gasteiger partial charge in [0, 0.05) is 19.6 Å². The number of hydrogen-bond donors (Lipinski definition) is 1. The smallest absolute Gasteiger partial charge is 0.240 e. The van der Waals surface area contributed by atoms with Crippen LogP contribution in [-0.4, -0.2) is 39.5 Å². The third kappa shape index (κ3) is 4.34. The van der Waals surface area contributed by atoms with Crippen LogP contribution in [0.15, 0.2) is 23.1 Å². The monoisotopic (exact) mass is 336 g/mol. The minimum absolute atomic E-state index is 0.421. The van der Waals surface area contributed by atoms with Gasteiger partial charge in [-0.1, -0.05) is 13.0 Å². The molecule has 1 aromatic rings. The molecule has 1 aromatic carbocycles. The average Bonchev–Trinajstić information content (AvgIpc) is 2.54. The second-order valence-corrected chi connectivity index (χ2v) is 8.85. The highest BCUT2D eigenvalue weighted by Crippen LogP contribution is 2.24. The summed E-state index contributed by atoms with van der Waals surface area (Å²) >= 11 is 0. The van der Waals surface area contributed by atoms with Gasteiger partial charge in [0.1, 0.15) is 0 Å². The summed E-state index contributed by atoms with van der Waals surface area (Å²) in [4.78, 5) is 2.79. The van der Waals surface area contributed by atoms with Crippen LogP contribution in [0.4, 0.5) is 0 Å². The molecule has 3 rings (SSSR count). The molecule has 0 radical (unpaired) electrons. The van der Waals surface area contributed by atoms with Gasteiger partial charge in [-0.25, -0.2) is 13.1 Å². The SMILES string of the molecule is CC1CCCN(CCNS(=O)(=O)c2ccc3c(c2)CCCC3)C1. The zero-order valence-corrected chi connectivity index (χ0v) is 14.9. The Morgan fingerprint density at radius 1 is 1.17 bits per heavy atom. The number of piperidine rings is 1. The average molecular weight is 337 g/mol. The van der Waals surface area contributed by atoms with Gasteiger partial charge in [0.05, 0.1) is 4.90 Å². The van der Waals surface area contributed by atoms with Gasteiger partial charge < -0.3 is 4.90 Å². The normalized spacial score (nSPS) is 22.7. The van der Waals surface area contributed by atoms with Crippen molar-refractivity contribution in [3.63, 3.8) is 0 Å². The quantitative estimate of drug-likeness (QED) is 0.899. The van der Waals surface area contributed by atoms with Crippen LogP contribution in [0.2, 0.25) is 0 Å². The summed E-state index contributed by atoms with van der Waals surface area (Å²) in [6, 6.07) is 5.63. The van der Waals surface area contributed by atoms with Gasteiger partial charge in [0.2, 0.25) is 10.0 Å². The standard InChI is InChI=1S/C18H28N2O2S/c1-15-5-4-11-20(14-15)12-10-19-23(21,22)18-9-8-16-6-2-3-7-17(16)13-18/h8-9,13,15,19H,2-7,10-12,14H2,1H3. The Labute approximate surface area is 140 Å². The highest BCUT2D eigenvalue weighted by Gasteiger charge is 2.19. The molecule has 1 atom stereocenters. The van der Waals surface area contributed by atoms with Crippen molar-refractivity contribution in [3.05, 3.63) is 29.3 Å². The first-order chi connectivity index (χ1) is 11.0. The van der Waals surface area contributed by atoms with E-state index in [0.717, 1.165) is 44.8 Å². The molecule has 1 saturated heterocycles. The highest BCUT2D eigenvalue weighted by atomic mass is 32.2. The van der Waals surface area contributed by atoms with Gasteiger partial charge in [-0.3, -0.25) is 0 Å². The van der Waals surface area contributed by atoms with Gasteiger partial charge in [-0.15, -0.1) is 0 Å². The minimum Gasteiger partial charge on any atom is -0.302 e. The summed E-state index contributed by atoms with van der Waals surface area (Å²) in [5.74, 6) is 0.723. The molecule has 0 amide bonds. The van der Waals surface area contributed by atoms with E-state index in [-0.39, 0.29) is 0 Å². The van der Waals surface area contributed by atoms with Crippen LogP contribution in [0, 0.1) is 5.92 Å². The lowest BCUT2D eigenvalue weighted by atomic mass is 9.92. The molecule has 1 heterocycles. The fraction of sp³-hybridized carbons (Fsp3) is 0.667. The maximum Gasteiger partial charge on any atom is 0.240 e. The minimum atomic E-state index is -3.38. The van der Waals surface area contributed by atoms with E-state index in [1.807, 2.05) is 12.1 Å². The number of rotatable bonds is 5. The molecule has 1 unspecified atom stereocenters. The fourth-order valence-electron chi connectivity index (χ4n) is 3.79. The van der Waals surface area contributed by atoms with Crippen LogP contribution in [0.1, 0.15) is 43.7 Å². The highest BCUT2D eigenvalue weighted by molar-refractivity contribution is 7.89. The summed E-state index contributed by atoms with van der Waals surface area (Å²) in [6.07, 6.45) is 6.97. The van der Waals surface area contributed by atoms with Gasteiger partial charge in [-0.05, 0) is 74.2 Å². The van der Waals surface area contributed by atoms with Crippen molar-refractivity contribution in [2.45, 2.75) is 50.3 Å². The van der Waals surface area contributed by atoms with Crippen molar-refractivity contribution in [2.24, 2.45) is 5.92 Å². The van der Waals surface area contributed by atoms with Crippen molar-refractivity contribution in [1.29, 1.82) is 0 Å². The first-order valence-corrected chi connectivity index (χ1v) is 10.4. The van der Waals surface area contributed by atoms with Gasteiger partial charge >= 0.3 is 0 Å². The Balaban J connectivity index is 1.58. The number of sulfonamides is 1. The molecule has 1 aliphatic heterocycles. The number of hydrogen-bond acceptors (Lipinski definition) is 3. The maximum absolute atomic E-state index is 12.5. The fourth-order valence-corrected chi connectivity index (χ4v) is 4.86. The van der Waals surface area contributed by atoms with Gasteiger partial charge in [-0.2, -0.15) is 0 Å². The zero-order valence-electron chi connectivity index (χ0n) is 14.1. The van der Waals surface area contributed by atoms with Gasteiger partial charge in [0.15, 0.2) is 0 Å². The van der Waals surface area contributed by atoms with E-state index in [0.29, 0.717) is 11.4 Å². The first-order valence-electron chi connectivity index (χ1n) is 8.88. The van der Waals surface area contributed by atoms with E-state index in [1.165, 1.54) is 30.4 Å². The van der Waals surface area contributed by atoms with Crippen LogP contribution < -0.4 is 4.72 Å². The predicted octanol–water partition coefficient (Wildman–Crippen LogP) is 2.58. The Hall–Kier alpha value is -0.910. The van der Waals surface area contributed by atoms with E-state index in [1.54, 1.807) is 6.07 Å². The van der Waals surface area contributed by atoms with Crippen LogP contribution in [0.25, 0.3) is 0 Å². The molecule has 4 nitrogen and oxygen atoms in total. The van der Waals surface area contributed by atoms with Crippen molar-refractivity contribution in [1.82, 2.24) is 9.62 Å². The molecule has 0 saturated carbocycles. The first kappa shape index (κ1) is 16.9. The topological polar surface area (TPSA) is 49.4 Å². The second kappa shape index (κ2) is 7.32. The van der Waals surface area contributed by atoms with E-state index in [2.05, 4.69) is 16.5 Å². The molecule has 5 heteroatoms. The molecule has 1 aliphatic carbocycles. The predicted molar refractivity (Wildman–Crippen MR) is 93.1 cm³/mol. The van der Waals surface area contributed by atoms with Crippen molar-refractivity contribution in [2.75, 3.05) is 26.2 Å². The molecule has 23 heavy (non-hydrogen) atoms. The van der Waals surface area contributed by atoms with E-state index in [9.17, 15) is 8.42 Å². The van der Waals surface area contributed by atoms with E-state index in [4.69, 9.17) is 0 Å². The van der Waals surface area contributed by atoms with Crippen LogP contribution in [-0.2, 0) is 22.9 Å². The summed E-state index contributed by atoms with van der Waals surface area (Å²) in [5.41, 5.74) is 2.53. The zero-order chi connectivity index (χ0) is 16.3. The Morgan fingerprint density at radius 2 is 1.96 bits per heavy atom. The molecule has 0 aromatic heterocycles. The van der Waals surface area contributed by atoms with Crippen molar-refractivity contribution in [3.8, 4) is 0 Å². The molecule has 1 N–H and O–H groups in total. The summed E-state index contributed by atoms with van der Waals surface area (Å²) in [6.45, 7) is 5.73. The molecule has 2 aliphatic rings. The van der Waals surface area contributed by atoms with Crippen molar-refractivity contribution >= 4 is 10.0 Å². The third-order valence-electron chi connectivity index (χ3n) is 5.09. The number of nitrogens with zero attached hydrogens (tertiary/aromatic N) is 1. The third-order valence-corrected chi connectivity index (χ3v) is 6.55. The van der Waals surface area contributed by atoms with E-state index >= 15 is 0 Å². The number of benzene rings is 1. The Kier molecular flexibility index (Phi) is 5.39. The molecule has 0 spiro atoms. The number of nitrogens with one attached hydrogen (secondary N) is 1. The van der Waals surface area contributed by atoms with Crippen molar-refractivity contribution < 1.29 is 8.42 Å². The summed E-state index contributed by atoms with van der Waals surface area (Å²) in [7, 11) is -3.38. The molecule has 0 bridgehead atoms. The number of likely N-dealkylation sites (tertiary alicyclic amines) is 1. The largest absolute Gasteiger partial charge is 0.302 e. The van der Waals surface area contributed by atoms with Crippen LogP contribution >= 0.6 is 0 Å². The lowest BCUT2D eigenvalue weighted by Gasteiger charge is -2.30. The van der Waals surface area contributed by atoms with Gasteiger partial charge in [0.25, 0.3) is 0 Å². The molecular weight excluding hydrogens is 308 g/mol. The van der Waals surface area contributed by atoms with E-state index < -0.39 is 10.0 Å². The lowest BCUT2D eigenvalue weighted by molar-refractivity contribution is 0.187. The Bertz CT molecular complexity index is 642.